The summed E-state index contributed by atoms with van der Waals surface area (Å²) in [6, 6.07) is 13.9. The molecule has 0 spiro atoms. The van der Waals surface area contributed by atoms with Gasteiger partial charge in [-0.1, -0.05) is 42.0 Å². The summed E-state index contributed by atoms with van der Waals surface area (Å²) in [4.78, 5) is 25.0. The van der Waals surface area contributed by atoms with E-state index in [0.29, 0.717) is 6.54 Å². The molecule has 5 heteroatoms. The highest BCUT2D eigenvalue weighted by Gasteiger charge is 2.16. The molecule has 0 fully saturated rings. The van der Waals surface area contributed by atoms with Crippen molar-refractivity contribution >= 4 is 17.5 Å². The zero-order chi connectivity index (χ0) is 17.5. The van der Waals surface area contributed by atoms with Crippen molar-refractivity contribution in [3.63, 3.8) is 0 Å². The summed E-state index contributed by atoms with van der Waals surface area (Å²) < 4.78 is 13.8. The van der Waals surface area contributed by atoms with Crippen LogP contribution in [-0.2, 0) is 16.1 Å². The van der Waals surface area contributed by atoms with Gasteiger partial charge in [-0.2, -0.15) is 0 Å². The van der Waals surface area contributed by atoms with E-state index in [2.05, 4.69) is 5.32 Å². The van der Waals surface area contributed by atoms with Crippen molar-refractivity contribution in [2.45, 2.75) is 26.8 Å². The van der Waals surface area contributed by atoms with Crippen LogP contribution in [0.1, 0.15) is 24.5 Å². The highest BCUT2D eigenvalue weighted by atomic mass is 19.1. The molecule has 0 saturated heterocycles. The van der Waals surface area contributed by atoms with E-state index in [9.17, 15) is 14.0 Å². The van der Waals surface area contributed by atoms with Gasteiger partial charge in [-0.15, -0.1) is 0 Å². The molecule has 4 nitrogen and oxygen atoms in total. The van der Waals surface area contributed by atoms with E-state index in [0.717, 1.165) is 11.1 Å². The van der Waals surface area contributed by atoms with Gasteiger partial charge in [0.15, 0.2) is 0 Å². The number of hydrogen-bond acceptors (Lipinski definition) is 2. The van der Waals surface area contributed by atoms with E-state index >= 15 is 0 Å². The van der Waals surface area contributed by atoms with Gasteiger partial charge in [0.1, 0.15) is 5.82 Å². The summed E-state index contributed by atoms with van der Waals surface area (Å²) in [5.74, 6) is -0.961. The van der Waals surface area contributed by atoms with Gasteiger partial charge in [0.25, 0.3) is 0 Å². The van der Waals surface area contributed by atoms with Crippen molar-refractivity contribution < 1.29 is 14.0 Å². The Hall–Kier alpha value is -2.69. The van der Waals surface area contributed by atoms with Crippen LogP contribution in [0, 0.1) is 12.7 Å². The Bertz CT molecular complexity index is 714. The summed E-state index contributed by atoms with van der Waals surface area (Å²) >= 11 is 0. The maximum absolute atomic E-state index is 13.8. The summed E-state index contributed by atoms with van der Waals surface area (Å²) in [7, 11) is 0. The number of nitrogens with zero attached hydrogens (tertiary/aromatic N) is 1. The molecular weight excluding hydrogens is 307 g/mol. The van der Waals surface area contributed by atoms with E-state index in [4.69, 9.17) is 0 Å². The van der Waals surface area contributed by atoms with Crippen LogP contribution in [0.5, 0.6) is 0 Å². The molecule has 0 aromatic heterocycles. The second-order valence-electron chi connectivity index (χ2n) is 5.63. The molecule has 0 radical (unpaired) electrons. The molecule has 0 aliphatic carbocycles. The molecular formula is C19H21FN2O2. The molecule has 2 aromatic rings. The zero-order valence-corrected chi connectivity index (χ0v) is 13.9. The second kappa shape index (κ2) is 8.24. The number of anilines is 1. The Kier molecular flexibility index (Phi) is 6.07. The first-order valence-electron chi connectivity index (χ1n) is 7.82. The maximum Gasteiger partial charge on any atom is 0.223 e. The van der Waals surface area contributed by atoms with Crippen LogP contribution in [0.25, 0.3) is 0 Å². The summed E-state index contributed by atoms with van der Waals surface area (Å²) in [6.45, 7) is 3.92. The number of aryl methyl sites for hydroxylation is 1. The van der Waals surface area contributed by atoms with Crippen molar-refractivity contribution in [2.75, 3.05) is 11.4 Å². The average molecular weight is 328 g/mol. The number of carbonyl (C=O) groups is 2. The molecule has 2 amide bonds. The average Bonchev–Trinajstić information content (AvgIpc) is 2.56. The topological polar surface area (TPSA) is 49.4 Å². The number of amides is 2. The molecule has 0 aliphatic rings. The van der Waals surface area contributed by atoms with E-state index in [1.807, 2.05) is 31.2 Å². The quantitative estimate of drug-likeness (QED) is 0.885. The Morgan fingerprint density at radius 2 is 1.75 bits per heavy atom. The van der Waals surface area contributed by atoms with Crippen molar-refractivity contribution in [3.05, 3.63) is 65.5 Å². The predicted octanol–water partition coefficient (Wildman–Crippen LogP) is 3.19. The number of rotatable bonds is 6. The highest BCUT2D eigenvalue weighted by molar-refractivity contribution is 5.92. The monoisotopic (exact) mass is 328 g/mol. The number of hydrogen-bond donors (Lipinski definition) is 1. The Balaban J connectivity index is 1.90. The van der Waals surface area contributed by atoms with Crippen molar-refractivity contribution in [3.8, 4) is 0 Å². The Labute approximate surface area is 141 Å². The van der Waals surface area contributed by atoms with Gasteiger partial charge in [-0.05, 0) is 24.6 Å². The number of halogens is 1. The summed E-state index contributed by atoms with van der Waals surface area (Å²) in [6.07, 6.45) is 0.111. The van der Waals surface area contributed by atoms with Crippen LogP contribution in [0.2, 0.25) is 0 Å². The van der Waals surface area contributed by atoms with E-state index in [-0.39, 0.29) is 30.5 Å². The van der Waals surface area contributed by atoms with Gasteiger partial charge in [0.2, 0.25) is 11.8 Å². The van der Waals surface area contributed by atoms with E-state index in [1.54, 1.807) is 12.1 Å². The van der Waals surface area contributed by atoms with Crippen molar-refractivity contribution in [2.24, 2.45) is 0 Å². The minimum Gasteiger partial charge on any atom is -0.352 e. The minimum atomic E-state index is -0.479. The van der Waals surface area contributed by atoms with Crippen LogP contribution in [0.15, 0.2) is 48.5 Å². The number of para-hydroxylation sites is 1. The number of benzene rings is 2. The van der Waals surface area contributed by atoms with Crippen molar-refractivity contribution in [1.82, 2.24) is 5.32 Å². The SMILES string of the molecule is CC(=O)N(CCC(=O)NCc1ccc(C)cc1)c1ccccc1F. The first-order valence-corrected chi connectivity index (χ1v) is 7.82. The molecule has 126 valence electrons. The third kappa shape index (κ3) is 4.91. The summed E-state index contributed by atoms with van der Waals surface area (Å²) in [5.41, 5.74) is 2.36. The van der Waals surface area contributed by atoms with E-state index < -0.39 is 5.82 Å². The standard InChI is InChI=1S/C19H21FN2O2/c1-14-7-9-16(10-8-14)13-21-19(24)11-12-22(15(2)23)18-6-4-3-5-17(18)20/h3-10H,11-13H2,1-2H3,(H,21,24). The molecule has 0 aliphatic heterocycles. The lowest BCUT2D eigenvalue weighted by Gasteiger charge is -2.21. The maximum atomic E-state index is 13.8. The fourth-order valence-corrected chi connectivity index (χ4v) is 2.33. The fourth-order valence-electron chi connectivity index (χ4n) is 2.33. The smallest absolute Gasteiger partial charge is 0.223 e. The third-order valence-corrected chi connectivity index (χ3v) is 3.70. The van der Waals surface area contributed by atoms with Crippen LogP contribution in [-0.4, -0.2) is 18.4 Å². The van der Waals surface area contributed by atoms with Gasteiger partial charge in [0, 0.05) is 26.4 Å². The molecule has 0 unspecified atom stereocenters. The van der Waals surface area contributed by atoms with Crippen LogP contribution in [0.4, 0.5) is 10.1 Å². The molecule has 0 heterocycles. The van der Waals surface area contributed by atoms with Crippen LogP contribution < -0.4 is 10.2 Å². The highest BCUT2D eigenvalue weighted by Crippen LogP contribution is 2.19. The van der Waals surface area contributed by atoms with Gasteiger partial charge in [-0.3, -0.25) is 9.59 Å². The Morgan fingerprint density at radius 3 is 2.38 bits per heavy atom. The predicted molar refractivity (Wildman–Crippen MR) is 92.1 cm³/mol. The number of carbonyl (C=O) groups excluding carboxylic acids is 2. The van der Waals surface area contributed by atoms with Gasteiger partial charge < -0.3 is 10.2 Å². The minimum absolute atomic E-state index is 0.111. The zero-order valence-electron chi connectivity index (χ0n) is 13.9. The van der Waals surface area contributed by atoms with Gasteiger partial charge in [0.05, 0.1) is 5.69 Å². The molecule has 24 heavy (non-hydrogen) atoms. The second-order valence-corrected chi connectivity index (χ2v) is 5.63. The molecule has 2 aromatic carbocycles. The molecule has 0 bridgehead atoms. The van der Waals surface area contributed by atoms with E-state index in [1.165, 1.54) is 24.0 Å². The molecule has 2 rings (SSSR count). The van der Waals surface area contributed by atoms with Crippen LogP contribution in [0.3, 0.4) is 0 Å². The lowest BCUT2D eigenvalue weighted by Crippen LogP contribution is -2.34. The number of nitrogens with one attached hydrogen (secondary N) is 1. The molecule has 0 saturated carbocycles. The molecule has 1 N–H and O–H groups in total. The molecule has 0 atom stereocenters. The first-order chi connectivity index (χ1) is 11.5. The lowest BCUT2D eigenvalue weighted by molar-refractivity contribution is -0.121. The lowest BCUT2D eigenvalue weighted by atomic mass is 10.1. The largest absolute Gasteiger partial charge is 0.352 e. The Morgan fingerprint density at radius 1 is 1.08 bits per heavy atom. The third-order valence-electron chi connectivity index (χ3n) is 3.70. The first kappa shape index (κ1) is 17.7. The van der Waals surface area contributed by atoms with Crippen molar-refractivity contribution in [1.29, 1.82) is 0 Å². The summed E-state index contributed by atoms with van der Waals surface area (Å²) in [5, 5.41) is 2.81. The normalized spacial score (nSPS) is 10.3. The van der Waals surface area contributed by atoms with Gasteiger partial charge in [-0.25, -0.2) is 4.39 Å². The van der Waals surface area contributed by atoms with Crippen LogP contribution >= 0.6 is 0 Å². The fraction of sp³-hybridized carbons (Fsp3) is 0.263. The van der Waals surface area contributed by atoms with Gasteiger partial charge >= 0.3 is 0 Å².